The molecule has 0 unspecified atom stereocenters. The zero-order chi connectivity index (χ0) is 15.2. The third-order valence-corrected chi connectivity index (χ3v) is 3.29. The van der Waals surface area contributed by atoms with Gasteiger partial charge in [-0.25, -0.2) is 5.43 Å². The Balaban J connectivity index is 2.21. The van der Waals surface area contributed by atoms with Crippen LogP contribution >= 0.6 is 11.6 Å². The van der Waals surface area contributed by atoms with Gasteiger partial charge in [0, 0.05) is 5.56 Å². The molecule has 4 nitrogen and oxygen atoms in total. The molecule has 21 heavy (non-hydrogen) atoms. The first-order valence-corrected chi connectivity index (χ1v) is 6.91. The van der Waals surface area contributed by atoms with Crippen molar-refractivity contribution in [2.24, 2.45) is 5.10 Å². The minimum absolute atomic E-state index is 0.130. The van der Waals surface area contributed by atoms with Gasteiger partial charge in [-0.15, -0.1) is 0 Å². The average molecular weight is 303 g/mol. The zero-order valence-electron chi connectivity index (χ0n) is 11.5. The number of benzene rings is 2. The lowest BCUT2D eigenvalue weighted by atomic mass is 10.1. The van der Waals surface area contributed by atoms with Crippen LogP contribution in [-0.4, -0.2) is 16.7 Å². The average Bonchev–Trinajstić information content (AvgIpc) is 2.49. The van der Waals surface area contributed by atoms with Gasteiger partial charge in [-0.3, -0.25) is 4.79 Å². The predicted molar refractivity (Wildman–Crippen MR) is 83.9 cm³/mol. The minimum atomic E-state index is -0.387. The van der Waals surface area contributed by atoms with Gasteiger partial charge in [-0.2, -0.15) is 5.10 Å². The van der Waals surface area contributed by atoms with E-state index in [1.54, 1.807) is 48.5 Å². The molecule has 0 aliphatic rings. The number of carbonyl (C=O) groups is 1. The van der Waals surface area contributed by atoms with E-state index in [-0.39, 0.29) is 11.7 Å². The number of amides is 1. The summed E-state index contributed by atoms with van der Waals surface area (Å²) in [5.74, 6) is -0.257. The van der Waals surface area contributed by atoms with E-state index in [9.17, 15) is 9.90 Å². The van der Waals surface area contributed by atoms with Crippen molar-refractivity contribution in [2.75, 3.05) is 0 Å². The molecule has 0 bridgehead atoms. The summed E-state index contributed by atoms with van der Waals surface area (Å²) in [7, 11) is 0. The Bertz CT molecular complexity index is 683. The molecule has 0 radical (unpaired) electrons. The molecule has 0 saturated carbocycles. The molecular weight excluding hydrogens is 288 g/mol. The minimum Gasteiger partial charge on any atom is -0.507 e. The molecule has 0 spiro atoms. The van der Waals surface area contributed by atoms with Crippen LogP contribution in [0.15, 0.2) is 53.6 Å². The lowest BCUT2D eigenvalue weighted by Crippen LogP contribution is -2.20. The SMILES string of the molecule is CC/C(=N\NC(=O)c1ccccc1Cl)c1ccccc1O. The topological polar surface area (TPSA) is 61.7 Å². The van der Waals surface area contributed by atoms with E-state index in [1.165, 1.54) is 0 Å². The summed E-state index contributed by atoms with van der Waals surface area (Å²) in [6, 6.07) is 13.6. The van der Waals surface area contributed by atoms with E-state index in [0.717, 1.165) is 0 Å². The first kappa shape index (κ1) is 15.1. The van der Waals surface area contributed by atoms with Gasteiger partial charge in [-0.1, -0.05) is 42.8 Å². The highest BCUT2D eigenvalue weighted by Gasteiger charge is 2.10. The third-order valence-electron chi connectivity index (χ3n) is 2.96. The number of carbonyl (C=O) groups excluding carboxylic acids is 1. The summed E-state index contributed by atoms with van der Waals surface area (Å²) >= 11 is 5.96. The van der Waals surface area contributed by atoms with Crippen molar-refractivity contribution < 1.29 is 9.90 Å². The van der Waals surface area contributed by atoms with E-state index >= 15 is 0 Å². The summed E-state index contributed by atoms with van der Waals surface area (Å²) in [5, 5.41) is 14.3. The van der Waals surface area contributed by atoms with Crippen LogP contribution in [0.1, 0.15) is 29.3 Å². The Morgan fingerprint density at radius 2 is 1.76 bits per heavy atom. The van der Waals surface area contributed by atoms with Gasteiger partial charge in [0.15, 0.2) is 0 Å². The van der Waals surface area contributed by atoms with Crippen molar-refractivity contribution in [3.63, 3.8) is 0 Å². The Kier molecular flexibility index (Phi) is 4.95. The monoisotopic (exact) mass is 302 g/mol. The predicted octanol–water partition coefficient (Wildman–Crippen LogP) is 3.59. The Morgan fingerprint density at radius 1 is 1.14 bits per heavy atom. The molecule has 5 heteroatoms. The van der Waals surface area contributed by atoms with Crippen LogP contribution < -0.4 is 5.43 Å². The molecule has 2 aromatic rings. The van der Waals surface area contributed by atoms with Crippen molar-refractivity contribution in [2.45, 2.75) is 13.3 Å². The molecule has 0 aliphatic carbocycles. The van der Waals surface area contributed by atoms with E-state index in [4.69, 9.17) is 11.6 Å². The fraction of sp³-hybridized carbons (Fsp3) is 0.125. The number of hydrogen-bond donors (Lipinski definition) is 2. The summed E-state index contributed by atoms with van der Waals surface area (Å²) in [5.41, 5.74) is 4.01. The van der Waals surface area contributed by atoms with Crippen LogP contribution in [0, 0.1) is 0 Å². The number of nitrogens with zero attached hydrogens (tertiary/aromatic N) is 1. The highest BCUT2D eigenvalue weighted by molar-refractivity contribution is 6.33. The lowest BCUT2D eigenvalue weighted by molar-refractivity contribution is 0.0955. The lowest BCUT2D eigenvalue weighted by Gasteiger charge is -2.07. The molecule has 108 valence electrons. The van der Waals surface area contributed by atoms with Crippen LogP contribution in [-0.2, 0) is 0 Å². The number of phenolic OH excluding ortho intramolecular Hbond substituents is 1. The van der Waals surface area contributed by atoms with E-state index < -0.39 is 0 Å². The maximum Gasteiger partial charge on any atom is 0.272 e. The van der Waals surface area contributed by atoms with Crippen molar-refractivity contribution in [3.05, 3.63) is 64.7 Å². The molecule has 0 atom stereocenters. The molecule has 2 rings (SSSR count). The number of hydrogen-bond acceptors (Lipinski definition) is 3. The largest absolute Gasteiger partial charge is 0.507 e. The maximum atomic E-state index is 12.0. The Labute approximate surface area is 128 Å². The molecule has 1 amide bonds. The second-order valence-corrected chi connectivity index (χ2v) is 4.76. The fourth-order valence-corrected chi connectivity index (χ4v) is 2.09. The van der Waals surface area contributed by atoms with Crippen LogP contribution in [0.4, 0.5) is 0 Å². The van der Waals surface area contributed by atoms with Crippen LogP contribution in [0.3, 0.4) is 0 Å². The van der Waals surface area contributed by atoms with Gasteiger partial charge in [0.05, 0.1) is 16.3 Å². The Hall–Kier alpha value is -2.33. The van der Waals surface area contributed by atoms with E-state index in [1.807, 2.05) is 6.92 Å². The number of nitrogens with one attached hydrogen (secondary N) is 1. The quantitative estimate of drug-likeness (QED) is 0.669. The third kappa shape index (κ3) is 3.61. The van der Waals surface area contributed by atoms with E-state index in [0.29, 0.717) is 28.3 Å². The molecule has 2 N–H and O–H groups in total. The summed E-state index contributed by atoms with van der Waals surface area (Å²) < 4.78 is 0. The highest BCUT2D eigenvalue weighted by atomic mass is 35.5. The number of hydrazone groups is 1. The van der Waals surface area contributed by atoms with Gasteiger partial charge in [-0.05, 0) is 30.7 Å². The van der Waals surface area contributed by atoms with Crippen LogP contribution in [0.2, 0.25) is 5.02 Å². The number of aromatic hydroxyl groups is 1. The van der Waals surface area contributed by atoms with Gasteiger partial charge < -0.3 is 5.11 Å². The van der Waals surface area contributed by atoms with Gasteiger partial charge in [0.1, 0.15) is 5.75 Å². The zero-order valence-corrected chi connectivity index (χ0v) is 12.3. The van der Waals surface area contributed by atoms with Crippen molar-refractivity contribution in [3.8, 4) is 5.75 Å². The van der Waals surface area contributed by atoms with Crippen molar-refractivity contribution >= 4 is 23.2 Å². The number of rotatable bonds is 4. The second kappa shape index (κ2) is 6.90. The van der Waals surface area contributed by atoms with Crippen LogP contribution in [0.5, 0.6) is 5.75 Å². The summed E-state index contributed by atoms with van der Waals surface area (Å²) in [6.45, 7) is 1.90. The van der Waals surface area contributed by atoms with Crippen LogP contribution in [0.25, 0.3) is 0 Å². The number of para-hydroxylation sites is 1. The molecule has 0 heterocycles. The smallest absolute Gasteiger partial charge is 0.272 e. The number of halogens is 1. The normalized spacial score (nSPS) is 11.2. The van der Waals surface area contributed by atoms with Gasteiger partial charge >= 0.3 is 0 Å². The summed E-state index contributed by atoms with van der Waals surface area (Å²) in [4.78, 5) is 12.0. The van der Waals surface area contributed by atoms with E-state index in [2.05, 4.69) is 10.5 Å². The molecule has 0 saturated heterocycles. The molecule has 0 aromatic heterocycles. The second-order valence-electron chi connectivity index (χ2n) is 4.35. The van der Waals surface area contributed by atoms with Gasteiger partial charge in [0.25, 0.3) is 5.91 Å². The standard InChI is InChI=1S/C16H15ClN2O2/c1-2-14(12-8-4-6-10-15(12)20)18-19-16(21)11-7-3-5-9-13(11)17/h3-10,20H,2H2,1H3,(H,19,21)/b18-14+. The molecule has 2 aromatic carbocycles. The molecular formula is C16H15ClN2O2. The molecule has 0 fully saturated rings. The van der Waals surface area contributed by atoms with Gasteiger partial charge in [0.2, 0.25) is 0 Å². The Morgan fingerprint density at radius 3 is 2.38 bits per heavy atom. The maximum absolute atomic E-state index is 12.0. The first-order valence-electron chi connectivity index (χ1n) is 6.53. The number of phenols is 1. The molecule has 0 aliphatic heterocycles. The van der Waals surface area contributed by atoms with Crippen molar-refractivity contribution in [1.82, 2.24) is 5.43 Å². The van der Waals surface area contributed by atoms with Crippen molar-refractivity contribution in [1.29, 1.82) is 0 Å². The summed E-state index contributed by atoms with van der Waals surface area (Å²) in [6.07, 6.45) is 0.570. The highest BCUT2D eigenvalue weighted by Crippen LogP contribution is 2.18. The fourth-order valence-electron chi connectivity index (χ4n) is 1.87. The first-order chi connectivity index (χ1) is 10.1.